The first-order valence-electron chi connectivity index (χ1n) is 6.00. The fourth-order valence-electron chi connectivity index (χ4n) is 2.10. The predicted octanol–water partition coefficient (Wildman–Crippen LogP) is 4.54. The molecule has 2 aromatic heterocycles. The van der Waals surface area contributed by atoms with Crippen molar-refractivity contribution < 1.29 is 9.31 Å². The van der Waals surface area contributed by atoms with Crippen LogP contribution in [0.15, 0.2) is 36.5 Å². The number of hydrogen-bond donors (Lipinski definition) is 0. The molecule has 0 saturated carbocycles. The number of pyridine rings is 1. The third-order valence-corrected chi connectivity index (χ3v) is 5.05. The Hall–Kier alpha value is -1.61. The molecule has 0 aliphatic carbocycles. The molecule has 0 atom stereocenters. The highest BCUT2D eigenvalue weighted by Gasteiger charge is 2.13. The van der Waals surface area contributed by atoms with E-state index >= 15 is 0 Å². The standard InChI is InChI=1S/C14H8FIN2O2S/c15-11-6-10(18(19)20)2-1-8(11)5-9-3-4-17-12-7-13(16)21-14(9)12/h1-4,6-7H,5H2. The van der Waals surface area contributed by atoms with Gasteiger partial charge in [-0.05, 0) is 51.9 Å². The maximum Gasteiger partial charge on any atom is 0.272 e. The van der Waals surface area contributed by atoms with Gasteiger partial charge in [0.2, 0.25) is 0 Å². The summed E-state index contributed by atoms with van der Waals surface area (Å²) in [5.74, 6) is -0.555. The van der Waals surface area contributed by atoms with Crippen LogP contribution in [0.2, 0.25) is 0 Å². The summed E-state index contributed by atoms with van der Waals surface area (Å²) in [5, 5.41) is 10.6. The molecule has 0 aliphatic rings. The quantitative estimate of drug-likeness (QED) is 0.359. The lowest BCUT2D eigenvalue weighted by atomic mass is 10.0. The topological polar surface area (TPSA) is 56.0 Å². The van der Waals surface area contributed by atoms with Gasteiger partial charge in [0, 0.05) is 18.7 Å². The molecule has 0 amide bonds. The number of nitrogens with zero attached hydrogens (tertiary/aromatic N) is 2. The number of fused-ring (bicyclic) bond motifs is 1. The molecule has 0 saturated heterocycles. The Morgan fingerprint density at radius 1 is 1.29 bits per heavy atom. The summed E-state index contributed by atoms with van der Waals surface area (Å²) in [5.41, 5.74) is 2.07. The van der Waals surface area contributed by atoms with Gasteiger partial charge in [-0.2, -0.15) is 0 Å². The van der Waals surface area contributed by atoms with Crippen LogP contribution in [0.5, 0.6) is 0 Å². The van der Waals surface area contributed by atoms with E-state index in [1.54, 1.807) is 17.5 Å². The molecule has 0 spiro atoms. The molecule has 0 bridgehead atoms. The van der Waals surface area contributed by atoms with Crippen molar-refractivity contribution in [3.8, 4) is 0 Å². The molecule has 106 valence electrons. The molecule has 2 heterocycles. The number of hydrogen-bond acceptors (Lipinski definition) is 4. The largest absolute Gasteiger partial charge is 0.272 e. The third kappa shape index (κ3) is 2.88. The van der Waals surface area contributed by atoms with Crippen LogP contribution in [0.3, 0.4) is 0 Å². The Kier molecular flexibility index (Phi) is 3.85. The third-order valence-electron chi connectivity index (χ3n) is 3.09. The van der Waals surface area contributed by atoms with E-state index in [9.17, 15) is 14.5 Å². The van der Waals surface area contributed by atoms with Crippen molar-refractivity contribution >= 4 is 49.8 Å². The van der Waals surface area contributed by atoms with Gasteiger partial charge in [0.1, 0.15) is 5.82 Å². The molecule has 0 unspecified atom stereocenters. The molecular weight excluding hydrogens is 406 g/mol. The number of non-ortho nitro benzene ring substituents is 1. The van der Waals surface area contributed by atoms with Crippen molar-refractivity contribution in [3.63, 3.8) is 0 Å². The number of thiophene rings is 1. The smallest absolute Gasteiger partial charge is 0.258 e. The fourth-order valence-corrected chi connectivity index (χ4v) is 3.91. The highest BCUT2D eigenvalue weighted by molar-refractivity contribution is 14.1. The van der Waals surface area contributed by atoms with E-state index in [0.29, 0.717) is 12.0 Å². The van der Waals surface area contributed by atoms with Crippen LogP contribution in [-0.4, -0.2) is 9.91 Å². The summed E-state index contributed by atoms with van der Waals surface area (Å²) < 4.78 is 16.1. The number of aromatic nitrogens is 1. The zero-order chi connectivity index (χ0) is 15.0. The second-order valence-electron chi connectivity index (χ2n) is 4.44. The Morgan fingerprint density at radius 2 is 2.10 bits per heavy atom. The number of nitro groups is 1. The summed E-state index contributed by atoms with van der Waals surface area (Å²) in [6, 6.07) is 7.60. The summed E-state index contributed by atoms with van der Waals surface area (Å²) in [6.45, 7) is 0. The van der Waals surface area contributed by atoms with Gasteiger partial charge >= 0.3 is 0 Å². The van der Waals surface area contributed by atoms with Gasteiger partial charge < -0.3 is 0 Å². The molecule has 3 aromatic rings. The molecular formula is C14H8FIN2O2S. The van der Waals surface area contributed by atoms with E-state index in [-0.39, 0.29) is 5.69 Å². The summed E-state index contributed by atoms with van der Waals surface area (Å²) >= 11 is 3.83. The highest BCUT2D eigenvalue weighted by Crippen LogP contribution is 2.30. The van der Waals surface area contributed by atoms with Crippen LogP contribution in [0.1, 0.15) is 11.1 Å². The van der Waals surface area contributed by atoms with E-state index in [0.717, 1.165) is 24.7 Å². The minimum absolute atomic E-state index is 0.234. The molecule has 1 aromatic carbocycles. The lowest BCUT2D eigenvalue weighted by molar-refractivity contribution is -0.385. The first-order chi connectivity index (χ1) is 10.0. The van der Waals surface area contributed by atoms with Gasteiger partial charge in [-0.1, -0.05) is 0 Å². The van der Waals surface area contributed by atoms with Crippen molar-refractivity contribution in [1.29, 1.82) is 0 Å². The highest BCUT2D eigenvalue weighted by atomic mass is 127. The Labute approximate surface area is 136 Å². The minimum Gasteiger partial charge on any atom is -0.258 e. The van der Waals surface area contributed by atoms with Crippen LogP contribution in [0.4, 0.5) is 10.1 Å². The van der Waals surface area contributed by atoms with Crippen LogP contribution < -0.4 is 0 Å². The van der Waals surface area contributed by atoms with Crippen molar-refractivity contribution in [3.05, 3.63) is 66.5 Å². The Balaban J connectivity index is 2.00. The number of halogens is 2. The van der Waals surface area contributed by atoms with Gasteiger partial charge in [0.15, 0.2) is 0 Å². The van der Waals surface area contributed by atoms with Crippen molar-refractivity contribution in [1.82, 2.24) is 4.98 Å². The normalized spacial score (nSPS) is 11.0. The zero-order valence-electron chi connectivity index (χ0n) is 10.5. The summed E-state index contributed by atoms with van der Waals surface area (Å²) in [4.78, 5) is 14.3. The van der Waals surface area contributed by atoms with Gasteiger partial charge in [-0.25, -0.2) is 4.39 Å². The molecule has 0 fully saturated rings. The zero-order valence-corrected chi connectivity index (χ0v) is 13.5. The van der Waals surface area contributed by atoms with Crippen LogP contribution >= 0.6 is 33.9 Å². The van der Waals surface area contributed by atoms with Crippen LogP contribution in [0, 0.1) is 18.8 Å². The molecule has 4 nitrogen and oxygen atoms in total. The van der Waals surface area contributed by atoms with E-state index in [1.165, 1.54) is 12.1 Å². The number of benzene rings is 1. The molecule has 0 radical (unpaired) electrons. The maximum absolute atomic E-state index is 14.0. The average Bonchev–Trinajstić information content (AvgIpc) is 2.82. The first kappa shape index (κ1) is 14.3. The van der Waals surface area contributed by atoms with E-state index < -0.39 is 10.7 Å². The van der Waals surface area contributed by atoms with E-state index in [4.69, 9.17) is 0 Å². The number of nitro benzene ring substituents is 1. The van der Waals surface area contributed by atoms with Crippen LogP contribution in [0.25, 0.3) is 10.2 Å². The van der Waals surface area contributed by atoms with E-state index in [1.807, 2.05) is 12.1 Å². The van der Waals surface area contributed by atoms with Crippen molar-refractivity contribution in [2.75, 3.05) is 0 Å². The molecule has 0 aliphatic heterocycles. The molecule has 7 heteroatoms. The summed E-state index contributed by atoms with van der Waals surface area (Å²) in [7, 11) is 0. The Bertz CT molecular complexity index is 850. The van der Waals surface area contributed by atoms with Crippen LogP contribution in [-0.2, 0) is 6.42 Å². The monoisotopic (exact) mass is 414 g/mol. The van der Waals surface area contributed by atoms with Gasteiger partial charge in [0.05, 0.1) is 24.1 Å². The van der Waals surface area contributed by atoms with Gasteiger partial charge in [-0.3, -0.25) is 15.1 Å². The van der Waals surface area contributed by atoms with E-state index in [2.05, 4.69) is 27.6 Å². The Morgan fingerprint density at radius 3 is 2.81 bits per heavy atom. The van der Waals surface area contributed by atoms with Crippen molar-refractivity contribution in [2.45, 2.75) is 6.42 Å². The number of rotatable bonds is 3. The first-order valence-corrected chi connectivity index (χ1v) is 7.90. The van der Waals surface area contributed by atoms with Gasteiger partial charge in [0.25, 0.3) is 5.69 Å². The minimum atomic E-state index is -0.598. The van der Waals surface area contributed by atoms with Crippen molar-refractivity contribution in [2.24, 2.45) is 0 Å². The maximum atomic E-state index is 14.0. The molecule has 3 rings (SSSR count). The molecule has 0 N–H and O–H groups in total. The lowest BCUT2D eigenvalue weighted by Gasteiger charge is -2.04. The van der Waals surface area contributed by atoms with Gasteiger partial charge in [-0.15, -0.1) is 11.3 Å². The molecule has 21 heavy (non-hydrogen) atoms. The average molecular weight is 414 g/mol. The fraction of sp³-hybridized carbons (Fsp3) is 0.0714. The lowest BCUT2D eigenvalue weighted by Crippen LogP contribution is -1.96. The SMILES string of the molecule is O=[N+]([O-])c1ccc(Cc2ccnc3cc(I)sc23)c(F)c1. The second kappa shape index (κ2) is 5.64. The second-order valence-corrected chi connectivity index (χ2v) is 7.39. The summed E-state index contributed by atoms with van der Waals surface area (Å²) in [6.07, 6.45) is 2.09. The predicted molar refractivity (Wildman–Crippen MR) is 88.2 cm³/mol.